The van der Waals surface area contributed by atoms with Gasteiger partial charge in [0, 0.05) is 28.9 Å². The number of carbonyl (C=O) groups is 2. The summed E-state index contributed by atoms with van der Waals surface area (Å²) in [4.78, 5) is 37.0. The van der Waals surface area contributed by atoms with Crippen LogP contribution in [0, 0.1) is 15.9 Å². The lowest BCUT2D eigenvalue weighted by atomic mass is 10.1. The van der Waals surface area contributed by atoms with Gasteiger partial charge in [0.1, 0.15) is 0 Å². The van der Waals surface area contributed by atoms with Crippen molar-refractivity contribution < 1.29 is 18.9 Å². The summed E-state index contributed by atoms with van der Waals surface area (Å²) in [5.41, 5.74) is 0.0550. The maximum Gasteiger partial charge on any atom is 0.306 e. The summed E-state index contributed by atoms with van der Waals surface area (Å²) in [6.07, 6.45) is 1.42. The fourth-order valence-electron chi connectivity index (χ4n) is 2.30. The number of hydrogen-bond acceptors (Lipinski definition) is 4. The first-order valence-electron chi connectivity index (χ1n) is 6.83. The van der Waals surface area contributed by atoms with E-state index < -0.39 is 28.1 Å². The van der Waals surface area contributed by atoms with E-state index in [1.54, 1.807) is 24.3 Å². The molecule has 0 aliphatic rings. The number of para-hydroxylation sites is 1. The van der Waals surface area contributed by atoms with Crippen molar-refractivity contribution in [3.8, 4) is 0 Å². The van der Waals surface area contributed by atoms with Crippen molar-refractivity contribution in [1.29, 1.82) is 0 Å². The number of anilines is 1. The number of benzene rings is 2. The minimum absolute atomic E-state index is 0.0405. The van der Waals surface area contributed by atoms with Crippen LogP contribution >= 0.6 is 0 Å². The van der Waals surface area contributed by atoms with E-state index >= 15 is 0 Å². The Morgan fingerprint density at radius 3 is 2.67 bits per heavy atom. The van der Waals surface area contributed by atoms with Gasteiger partial charge in [-0.1, -0.05) is 18.2 Å². The number of rotatable bonds is 4. The third kappa shape index (κ3) is 2.72. The molecule has 120 valence electrons. The number of nitrogens with one attached hydrogen (secondary N) is 2. The van der Waals surface area contributed by atoms with Gasteiger partial charge in [-0.2, -0.15) is 4.39 Å². The number of aromatic amines is 1. The van der Waals surface area contributed by atoms with Gasteiger partial charge in [0.15, 0.2) is 0 Å². The highest BCUT2D eigenvalue weighted by Gasteiger charge is 2.21. The summed E-state index contributed by atoms with van der Waals surface area (Å²) in [7, 11) is 0. The highest BCUT2D eigenvalue weighted by atomic mass is 19.1. The summed E-state index contributed by atoms with van der Waals surface area (Å²) >= 11 is 0. The lowest BCUT2D eigenvalue weighted by Gasteiger charge is -2.04. The summed E-state index contributed by atoms with van der Waals surface area (Å²) in [6, 6.07) is 9.81. The van der Waals surface area contributed by atoms with Gasteiger partial charge in [-0.25, -0.2) is 0 Å². The maximum absolute atomic E-state index is 13.3. The smallest absolute Gasteiger partial charge is 0.306 e. The monoisotopic (exact) mass is 327 g/mol. The van der Waals surface area contributed by atoms with Gasteiger partial charge < -0.3 is 10.3 Å². The molecular weight excluding hydrogens is 317 g/mol. The molecule has 2 N–H and O–H groups in total. The Kier molecular flexibility index (Phi) is 3.78. The summed E-state index contributed by atoms with van der Waals surface area (Å²) in [6.45, 7) is 0. The number of nitro benzene ring substituents is 1. The van der Waals surface area contributed by atoms with Crippen LogP contribution in [0.15, 0.2) is 48.7 Å². The van der Waals surface area contributed by atoms with Crippen molar-refractivity contribution in [3.63, 3.8) is 0 Å². The molecule has 0 aliphatic heterocycles. The standard InChI is InChI=1S/C16H10FN3O4/c17-12-6-5-9(7-14(12)20(23)24)19-16(22)15(21)11-8-18-13-4-2-1-3-10(11)13/h1-8,18H,(H,19,22). The second kappa shape index (κ2) is 5.92. The average molecular weight is 327 g/mol. The zero-order valence-corrected chi connectivity index (χ0v) is 12.1. The molecule has 0 aliphatic carbocycles. The molecule has 1 heterocycles. The number of amides is 1. The molecule has 8 heteroatoms. The fourth-order valence-corrected chi connectivity index (χ4v) is 2.30. The minimum atomic E-state index is -1.03. The molecule has 24 heavy (non-hydrogen) atoms. The first-order chi connectivity index (χ1) is 11.5. The zero-order valence-electron chi connectivity index (χ0n) is 12.1. The Balaban J connectivity index is 1.86. The van der Waals surface area contributed by atoms with Crippen LogP contribution in [0.3, 0.4) is 0 Å². The van der Waals surface area contributed by atoms with Crippen molar-refractivity contribution in [3.05, 3.63) is 70.2 Å². The Morgan fingerprint density at radius 2 is 1.92 bits per heavy atom. The number of halogens is 1. The Bertz CT molecular complexity index is 980. The van der Waals surface area contributed by atoms with Crippen molar-refractivity contribution in [2.45, 2.75) is 0 Å². The number of fused-ring (bicyclic) bond motifs is 1. The summed E-state index contributed by atoms with van der Waals surface area (Å²) < 4.78 is 13.3. The number of nitro groups is 1. The molecule has 0 spiro atoms. The second-order valence-electron chi connectivity index (χ2n) is 4.95. The highest BCUT2D eigenvalue weighted by molar-refractivity contribution is 6.48. The molecule has 0 saturated carbocycles. The van der Waals surface area contributed by atoms with Gasteiger partial charge in [-0.05, 0) is 18.2 Å². The zero-order chi connectivity index (χ0) is 17.3. The summed E-state index contributed by atoms with van der Waals surface area (Å²) in [5.74, 6) is -2.80. The number of H-pyrrole nitrogens is 1. The average Bonchev–Trinajstić information content (AvgIpc) is 2.99. The van der Waals surface area contributed by atoms with E-state index in [0.29, 0.717) is 10.9 Å². The Morgan fingerprint density at radius 1 is 1.17 bits per heavy atom. The van der Waals surface area contributed by atoms with Crippen molar-refractivity contribution in [2.75, 3.05) is 5.32 Å². The van der Waals surface area contributed by atoms with E-state index in [9.17, 15) is 24.1 Å². The van der Waals surface area contributed by atoms with Crippen LogP contribution in [0.4, 0.5) is 15.8 Å². The number of ketones is 1. The molecule has 0 saturated heterocycles. The van der Waals surface area contributed by atoms with E-state index in [1.165, 1.54) is 6.20 Å². The van der Waals surface area contributed by atoms with Crippen LogP contribution in [-0.2, 0) is 4.79 Å². The van der Waals surface area contributed by atoms with E-state index in [2.05, 4.69) is 10.3 Å². The number of aromatic nitrogens is 1. The van der Waals surface area contributed by atoms with Gasteiger partial charge in [-0.15, -0.1) is 0 Å². The van der Waals surface area contributed by atoms with Crippen molar-refractivity contribution in [2.24, 2.45) is 0 Å². The molecule has 0 bridgehead atoms. The van der Waals surface area contributed by atoms with Crippen LogP contribution < -0.4 is 5.32 Å². The van der Waals surface area contributed by atoms with E-state index in [4.69, 9.17) is 0 Å². The molecule has 3 rings (SSSR count). The van der Waals surface area contributed by atoms with Crippen molar-refractivity contribution >= 4 is 34.0 Å². The SMILES string of the molecule is O=C(Nc1ccc(F)c([N+](=O)[O-])c1)C(=O)c1c[nH]c2ccccc12. The lowest BCUT2D eigenvalue weighted by molar-refractivity contribution is -0.387. The van der Waals surface area contributed by atoms with Crippen LogP contribution in [0.1, 0.15) is 10.4 Å². The largest absolute Gasteiger partial charge is 0.360 e. The Labute approximate surface area is 134 Å². The van der Waals surface area contributed by atoms with Crippen LogP contribution in [0.5, 0.6) is 0 Å². The first kappa shape index (κ1) is 15.3. The van der Waals surface area contributed by atoms with Crippen molar-refractivity contribution in [1.82, 2.24) is 4.98 Å². The predicted molar refractivity (Wildman–Crippen MR) is 84.3 cm³/mol. The maximum atomic E-state index is 13.3. The van der Waals surface area contributed by atoms with Crippen LogP contribution in [0.2, 0.25) is 0 Å². The van der Waals surface area contributed by atoms with Gasteiger partial charge in [0.2, 0.25) is 5.82 Å². The fraction of sp³-hybridized carbons (Fsp3) is 0. The van der Waals surface area contributed by atoms with E-state index in [-0.39, 0.29) is 11.3 Å². The number of nitrogens with zero attached hydrogens (tertiary/aromatic N) is 1. The quantitative estimate of drug-likeness (QED) is 0.332. The topological polar surface area (TPSA) is 105 Å². The van der Waals surface area contributed by atoms with E-state index in [1.807, 2.05) is 0 Å². The molecule has 0 radical (unpaired) electrons. The normalized spacial score (nSPS) is 10.5. The molecule has 0 atom stereocenters. The molecular formula is C16H10FN3O4. The molecule has 3 aromatic rings. The van der Waals surface area contributed by atoms with Gasteiger partial charge in [0.25, 0.3) is 11.7 Å². The molecule has 1 aromatic heterocycles. The highest BCUT2D eigenvalue weighted by Crippen LogP contribution is 2.22. The molecule has 1 amide bonds. The number of carbonyl (C=O) groups excluding carboxylic acids is 2. The molecule has 0 unspecified atom stereocenters. The molecule has 2 aromatic carbocycles. The van der Waals surface area contributed by atoms with E-state index in [0.717, 1.165) is 18.2 Å². The minimum Gasteiger partial charge on any atom is -0.360 e. The third-order valence-electron chi connectivity index (χ3n) is 3.44. The number of hydrogen-bond donors (Lipinski definition) is 2. The molecule has 0 fully saturated rings. The second-order valence-corrected chi connectivity index (χ2v) is 4.95. The lowest BCUT2D eigenvalue weighted by Crippen LogP contribution is -2.22. The van der Waals surface area contributed by atoms with Gasteiger partial charge in [-0.3, -0.25) is 19.7 Å². The van der Waals surface area contributed by atoms with Crippen LogP contribution in [0.25, 0.3) is 10.9 Å². The number of Topliss-reactive ketones (excluding diaryl/α,β-unsaturated/α-hetero) is 1. The predicted octanol–water partition coefficient (Wildman–Crippen LogP) is 3.04. The van der Waals surface area contributed by atoms with Gasteiger partial charge in [0.05, 0.1) is 10.5 Å². The van der Waals surface area contributed by atoms with Crippen LogP contribution in [-0.4, -0.2) is 21.6 Å². The third-order valence-corrected chi connectivity index (χ3v) is 3.44. The van der Waals surface area contributed by atoms with Gasteiger partial charge >= 0.3 is 5.69 Å². The summed E-state index contributed by atoms with van der Waals surface area (Å²) in [5, 5.41) is 13.5. The Hall–Kier alpha value is -3.55. The first-order valence-corrected chi connectivity index (χ1v) is 6.83. The molecule has 7 nitrogen and oxygen atoms in total.